The minimum atomic E-state index is 0.262. The van der Waals surface area contributed by atoms with Crippen LogP contribution in [0.4, 0.5) is 0 Å². The highest BCUT2D eigenvalue weighted by Gasteiger charge is 2.07. The lowest BCUT2D eigenvalue weighted by molar-refractivity contribution is -0.130. The molecule has 0 fully saturated rings. The standard InChI is InChI=1S/C13H22N2OS/c1-14-9-5-10-15(2)13(16)8-3-6-12-7-4-11-17-12/h4,7,11,14H,3,5-6,8-10H2,1-2H3. The first kappa shape index (κ1) is 14.2. The fourth-order valence-electron chi connectivity index (χ4n) is 1.68. The number of hydrogen-bond donors (Lipinski definition) is 1. The zero-order valence-electron chi connectivity index (χ0n) is 10.7. The van der Waals surface area contributed by atoms with E-state index in [1.165, 1.54) is 4.88 Å². The molecule has 0 saturated heterocycles. The van der Waals surface area contributed by atoms with Crippen LogP contribution in [-0.4, -0.2) is 38.0 Å². The molecule has 0 atom stereocenters. The van der Waals surface area contributed by atoms with Crippen LogP contribution in [-0.2, 0) is 11.2 Å². The van der Waals surface area contributed by atoms with E-state index in [4.69, 9.17) is 0 Å². The predicted molar refractivity (Wildman–Crippen MR) is 73.4 cm³/mol. The van der Waals surface area contributed by atoms with Crippen molar-refractivity contribution in [2.24, 2.45) is 0 Å². The van der Waals surface area contributed by atoms with Crippen molar-refractivity contribution in [1.82, 2.24) is 10.2 Å². The van der Waals surface area contributed by atoms with E-state index in [-0.39, 0.29) is 5.91 Å². The second kappa shape index (κ2) is 8.25. The van der Waals surface area contributed by atoms with Gasteiger partial charge in [0.1, 0.15) is 0 Å². The number of nitrogens with zero attached hydrogens (tertiary/aromatic N) is 1. The number of hydrogen-bond acceptors (Lipinski definition) is 3. The van der Waals surface area contributed by atoms with E-state index in [0.717, 1.165) is 32.4 Å². The van der Waals surface area contributed by atoms with Crippen molar-refractivity contribution in [3.05, 3.63) is 22.4 Å². The van der Waals surface area contributed by atoms with E-state index in [2.05, 4.69) is 22.8 Å². The molecule has 17 heavy (non-hydrogen) atoms. The highest BCUT2D eigenvalue weighted by molar-refractivity contribution is 7.09. The van der Waals surface area contributed by atoms with Crippen LogP contribution < -0.4 is 5.32 Å². The first-order chi connectivity index (χ1) is 8.24. The second-order valence-electron chi connectivity index (χ2n) is 4.21. The zero-order chi connectivity index (χ0) is 12.5. The average molecular weight is 254 g/mol. The Morgan fingerprint density at radius 3 is 2.94 bits per heavy atom. The lowest BCUT2D eigenvalue weighted by Crippen LogP contribution is -2.29. The van der Waals surface area contributed by atoms with Crippen LogP contribution in [0.3, 0.4) is 0 Å². The SMILES string of the molecule is CNCCCN(C)C(=O)CCCc1cccs1. The minimum absolute atomic E-state index is 0.262. The summed E-state index contributed by atoms with van der Waals surface area (Å²) in [6, 6.07) is 4.19. The first-order valence-electron chi connectivity index (χ1n) is 6.15. The number of rotatable bonds is 8. The van der Waals surface area contributed by atoms with Crippen molar-refractivity contribution in [3.8, 4) is 0 Å². The molecule has 0 unspecified atom stereocenters. The molecule has 1 amide bonds. The van der Waals surface area contributed by atoms with E-state index in [1.807, 2.05) is 19.0 Å². The number of thiophene rings is 1. The topological polar surface area (TPSA) is 32.3 Å². The lowest BCUT2D eigenvalue weighted by Gasteiger charge is -2.16. The third-order valence-corrected chi connectivity index (χ3v) is 3.68. The maximum atomic E-state index is 11.8. The third kappa shape index (κ3) is 5.84. The Bertz CT molecular complexity index is 311. The molecule has 0 saturated carbocycles. The smallest absolute Gasteiger partial charge is 0.222 e. The lowest BCUT2D eigenvalue weighted by atomic mass is 10.2. The molecule has 1 N–H and O–H groups in total. The molecule has 3 nitrogen and oxygen atoms in total. The van der Waals surface area contributed by atoms with Gasteiger partial charge in [0.2, 0.25) is 5.91 Å². The van der Waals surface area contributed by atoms with Crippen LogP contribution in [0.5, 0.6) is 0 Å². The molecule has 0 spiro atoms. The van der Waals surface area contributed by atoms with E-state index >= 15 is 0 Å². The van der Waals surface area contributed by atoms with Crippen molar-refractivity contribution < 1.29 is 4.79 Å². The summed E-state index contributed by atoms with van der Waals surface area (Å²) >= 11 is 1.77. The summed E-state index contributed by atoms with van der Waals surface area (Å²) < 4.78 is 0. The van der Waals surface area contributed by atoms with Gasteiger partial charge >= 0.3 is 0 Å². The van der Waals surface area contributed by atoms with Crippen molar-refractivity contribution in [1.29, 1.82) is 0 Å². The maximum Gasteiger partial charge on any atom is 0.222 e. The van der Waals surface area contributed by atoms with Gasteiger partial charge in [-0.3, -0.25) is 4.79 Å². The number of carbonyl (C=O) groups excluding carboxylic acids is 1. The van der Waals surface area contributed by atoms with Crippen LogP contribution in [0.2, 0.25) is 0 Å². The summed E-state index contributed by atoms with van der Waals surface area (Å²) in [7, 11) is 3.83. The van der Waals surface area contributed by atoms with Gasteiger partial charge in [-0.05, 0) is 44.3 Å². The molecule has 0 radical (unpaired) electrons. The predicted octanol–water partition coefficient (Wildman–Crippen LogP) is 2.14. The first-order valence-corrected chi connectivity index (χ1v) is 7.03. The summed E-state index contributed by atoms with van der Waals surface area (Å²) in [4.78, 5) is 15.0. The second-order valence-corrected chi connectivity index (χ2v) is 5.24. The average Bonchev–Trinajstić information content (AvgIpc) is 2.82. The van der Waals surface area contributed by atoms with Crippen molar-refractivity contribution in [2.45, 2.75) is 25.7 Å². The van der Waals surface area contributed by atoms with Crippen LogP contribution in [0.25, 0.3) is 0 Å². The van der Waals surface area contributed by atoms with Crippen molar-refractivity contribution in [2.75, 3.05) is 27.2 Å². The molecule has 1 aromatic rings. The highest BCUT2D eigenvalue weighted by Crippen LogP contribution is 2.12. The maximum absolute atomic E-state index is 11.8. The Morgan fingerprint density at radius 1 is 1.47 bits per heavy atom. The van der Waals surface area contributed by atoms with Crippen LogP contribution in [0, 0.1) is 0 Å². The van der Waals surface area contributed by atoms with E-state index in [1.54, 1.807) is 11.3 Å². The number of carbonyl (C=O) groups is 1. The molecule has 0 aromatic carbocycles. The summed E-state index contributed by atoms with van der Waals surface area (Å²) in [6.07, 6.45) is 3.65. The van der Waals surface area contributed by atoms with Gasteiger partial charge in [0.15, 0.2) is 0 Å². The zero-order valence-corrected chi connectivity index (χ0v) is 11.6. The normalized spacial score (nSPS) is 10.5. The summed E-state index contributed by atoms with van der Waals surface area (Å²) in [5.74, 6) is 0.262. The van der Waals surface area contributed by atoms with Gasteiger partial charge < -0.3 is 10.2 Å². The molecular weight excluding hydrogens is 232 g/mol. The Kier molecular flexibility index (Phi) is 6.89. The van der Waals surface area contributed by atoms with Gasteiger partial charge in [0.25, 0.3) is 0 Å². The largest absolute Gasteiger partial charge is 0.346 e. The van der Waals surface area contributed by atoms with Crippen LogP contribution in [0.1, 0.15) is 24.1 Å². The highest BCUT2D eigenvalue weighted by atomic mass is 32.1. The monoisotopic (exact) mass is 254 g/mol. The molecule has 1 rings (SSSR count). The number of amides is 1. The molecule has 0 bridgehead atoms. The Labute approximate surface area is 108 Å². The summed E-state index contributed by atoms with van der Waals surface area (Å²) in [5, 5.41) is 5.17. The van der Waals surface area contributed by atoms with Gasteiger partial charge in [-0.25, -0.2) is 0 Å². The molecule has 1 aromatic heterocycles. The van der Waals surface area contributed by atoms with Gasteiger partial charge in [0, 0.05) is 24.9 Å². The Morgan fingerprint density at radius 2 is 2.29 bits per heavy atom. The van der Waals surface area contributed by atoms with Gasteiger partial charge in [0.05, 0.1) is 0 Å². The quantitative estimate of drug-likeness (QED) is 0.721. The van der Waals surface area contributed by atoms with Crippen molar-refractivity contribution in [3.63, 3.8) is 0 Å². The van der Waals surface area contributed by atoms with E-state index in [0.29, 0.717) is 6.42 Å². The molecular formula is C13H22N2OS. The minimum Gasteiger partial charge on any atom is -0.346 e. The van der Waals surface area contributed by atoms with Crippen LogP contribution >= 0.6 is 11.3 Å². The van der Waals surface area contributed by atoms with Gasteiger partial charge in [-0.1, -0.05) is 6.07 Å². The molecule has 1 heterocycles. The number of nitrogens with one attached hydrogen (secondary N) is 1. The van der Waals surface area contributed by atoms with Gasteiger partial charge in [-0.2, -0.15) is 0 Å². The fraction of sp³-hybridized carbons (Fsp3) is 0.615. The Hall–Kier alpha value is -0.870. The molecule has 0 aliphatic carbocycles. The van der Waals surface area contributed by atoms with Gasteiger partial charge in [-0.15, -0.1) is 11.3 Å². The van der Waals surface area contributed by atoms with E-state index < -0.39 is 0 Å². The molecule has 0 aliphatic heterocycles. The molecule has 0 aliphatic rings. The fourth-order valence-corrected chi connectivity index (χ4v) is 2.43. The third-order valence-electron chi connectivity index (χ3n) is 2.74. The summed E-state index contributed by atoms with van der Waals surface area (Å²) in [6.45, 7) is 1.81. The van der Waals surface area contributed by atoms with Crippen LogP contribution in [0.15, 0.2) is 17.5 Å². The number of aryl methyl sites for hydroxylation is 1. The van der Waals surface area contributed by atoms with E-state index in [9.17, 15) is 4.79 Å². The Balaban J connectivity index is 2.11. The van der Waals surface area contributed by atoms with Crippen molar-refractivity contribution >= 4 is 17.2 Å². The molecule has 96 valence electrons. The molecule has 4 heteroatoms. The summed E-state index contributed by atoms with van der Waals surface area (Å²) in [5.41, 5.74) is 0.